The molecule has 0 saturated heterocycles. The first-order chi connectivity index (χ1) is 7.13. The van der Waals surface area contributed by atoms with Crippen LogP contribution < -0.4 is 0 Å². The maximum Gasteiger partial charge on any atom is 0.338 e. The molecular weight excluding hydrogens is 218 g/mol. The number of hydrogen-bond acceptors (Lipinski definition) is 4. The number of halogens is 1. The number of esters is 1. The highest BCUT2D eigenvalue weighted by molar-refractivity contribution is 6.30. The third kappa shape index (κ3) is 1.55. The van der Waals surface area contributed by atoms with Gasteiger partial charge in [-0.05, 0) is 19.1 Å². The van der Waals surface area contributed by atoms with Crippen molar-refractivity contribution in [1.82, 2.24) is 14.6 Å². The fourth-order valence-corrected chi connectivity index (χ4v) is 1.67. The third-order valence-electron chi connectivity index (χ3n) is 2.04. The van der Waals surface area contributed by atoms with Crippen LogP contribution in [0.1, 0.15) is 16.2 Å². The number of methoxy groups -OCH3 is 1. The Morgan fingerprint density at radius 3 is 2.87 bits per heavy atom. The van der Waals surface area contributed by atoms with Crippen LogP contribution in [0.4, 0.5) is 0 Å². The minimum absolute atomic E-state index is 0.363. The molecule has 0 aliphatic heterocycles. The Hall–Kier alpha value is -1.62. The van der Waals surface area contributed by atoms with Gasteiger partial charge in [0, 0.05) is 0 Å². The highest BCUT2D eigenvalue weighted by Gasteiger charge is 2.12. The molecule has 0 amide bonds. The summed E-state index contributed by atoms with van der Waals surface area (Å²) in [5, 5.41) is 8.12. The fourth-order valence-electron chi connectivity index (χ4n) is 1.35. The minimum atomic E-state index is -0.444. The molecule has 0 atom stereocenters. The van der Waals surface area contributed by atoms with Crippen LogP contribution in [0.2, 0.25) is 5.15 Å². The highest BCUT2D eigenvalue weighted by Crippen LogP contribution is 2.17. The molecule has 0 saturated carbocycles. The van der Waals surface area contributed by atoms with Gasteiger partial charge in [-0.25, -0.2) is 4.79 Å². The van der Waals surface area contributed by atoms with Crippen molar-refractivity contribution in [1.29, 1.82) is 0 Å². The van der Waals surface area contributed by atoms with E-state index in [1.165, 1.54) is 13.2 Å². The van der Waals surface area contributed by atoms with Crippen LogP contribution in [0.25, 0.3) is 5.65 Å². The second kappa shape index (κ2) is 3.51. The third-order valence-corrected chi connectivity index (χ3v) is 2.32. The number of rotatable bonds is 1. The molecule has 0 radical (unpaired) electrons. The second-order valence-electron chi connectivity index (χ2n) is 3.00. The SMILES string of the molecule is COC(=O)c1cc(Cl)n2c(C)nnc2c1. The Bertz CT molecular complexity index is 535. The predicted octanol–water partition coefficient (Wildman–Crippen LogP) is 1.48. The zero-order valence-electron chi connectivity index (χ0n) is 8.19. The largest absolute Gasteiger partial charge is 0.465 e. The second-order valence-corrected chi connectivity index (χ2v) is 3.39. The van der Waals surface area contributed by atoms with Gasteiger partial charge in [-0.2, -0.15) is 0 Å². The van der Waals surface area contributed by atoms with Crippen molar-refractivity contribution < 1.29 is 9.53 Å². The van der Waals surface area contributed by atoms with Crippen LogP contribution in [0.5, 0.6) is 0 Å². The summed E-state index contributed by atoms with van der Waals surface area (Å²) < 4.78 is 6.24. The summed E-state index contributed by atoms with van der Waals surface area (Å²) in [7, 11) is 1.31. The van der Waals surface area contributed by atoms with Gasteiger partial charge in [0.1, 0.15) is 11.0 Å². The normalized spacial score (nSPS) is 10.6. The zero-order valence-corrected chi connectivity index (χ0v) is 8.95. The van der Waals surface area contributed by atoms with E-state index in [1.807, 2.05) is 0 Å². The maximum absolute atomic E-state index is 11.3. The van der Waals surface area contributed by atoms with Gasteiger partial charge in [-0.15, -0.1) is 10.2 Å². The molecule has 0 spiro atoms. The van der Waals surface area contributed by atoms with Crippen LogP contribution in [0.15, 0.2) is 12.1 Å². The van der Waals surface area contributed by atoms with Crippen molar-refractivity contribution in [2.45, 2.75) is 6.92 Å². The maximum atomic E-state index is 11.3. The standard InChI is InChI=1S/C9H8ClN3O2/c1-5-11-12-8-4-6(9(14)15-2)3-7(10)13(5)8/h3-4H,1-2H3. The van der Waals surface area contributed by atoms with E-state index in [0.717, 1.165) is 0 Å². The van der Waals surface area contributed by atoms with E-state index in [2.05, 4.69) is 14.9 Å². The van der Waals surface area contributed by atoms with E-state index < -0.39 is 5.97 Å². The van der Waals surface area contributed by atoms with Gasteiger partial charge in [0.2, 0.25) is 0 Å². The summed E-state index contributed by atoms with van der Waals surface area (Å²) in [6.07, 6.45) is 0. The average molecular weight is 226 g/mol. The summed E-state index contributed by atoms with van der Waals surface area (Å²) in [4.78, 5) is 11.3. The summed E-state index contributed by atoms with van der Waals surface area (Å²) in [5.74, 6) is 0.228. The van der Waals surface area contributed by atoms with Crippen LogP contribution in [0, 0.1) is 6.92 Å². The number of nitrogens with zero attached hydrogens (tertiary/aromatic N) is 3. The van der Waals surface area contributed by atoms with Gasteiger partial charge in [0.25, 0.3) is 0 Å². The number of aromatic nitrogens is 3. The highest BCUT2D eigenvalue weighted by atomic mass is 35.5. The van der Waals surface area contributed by atoms with Gasteiger partial charge in [-0.1, -0.05) is 11.6 Å². The molecule has 0 N–H and O–H groups in total. The molecule has 0 aliphatic carbocycles. The van der Waals surface area contributed by atoms with Crippen molar-refractivity contribution in [3.63, 3.8) is 0 Å². The molecule has 0 aromatic carbocycles. The summed E-state index contributed by atoms with van der Waals surface area (Å²) >= 11 is 5.99. The summed E-state index contributed by atoms with van der Waals surface area (Å²) in [6, 6.07) is 3.11. The first kappa shape index (κ1) is 9.92. The van der Waals surface area contributed by atoms with E-state index in [1.54, 1.807) is 17.4 Å². The molecular formula is C9H8ClN3O2. The monoisotopic (exact) mass is 225 g/mol. The molecule has 0 fully saturated rings. The van der Waals surface area contributed by atoms with E-state index in [9.17, 15) is 4.79 Å². The van der Waals surface area contributed by atoms with Crippen LogP contribution >= 0.6 is 11.6 Å². The average Bonchev–Trinajstić information content (AvgIpc) is 2.59. The van der Waals surface area contributed by atoms with Crippen molar-refractivity contribution in [2.24, 2.45) is 0 Å². The van der Waals surface area contributed by atoms with Gasteiger partial charge in [0.15, 0.2) is 5.65 Å². The Morgan fingerprint density at radius 2 is 2.20 bits per heavy atom. The Balaban J connectivity index is 2.68. The summed E-state index contributed by atoms with van der Waals surface area (Å²) in [5.41, 5.74) is 0.891. The number of pyridine rings is 1. The first-order valence-electron chi connectivity index (χ1n) is 4.23. The molecule has 2 rings (SSSR count). The van der Waals surface area contributed by atoms with E-state index >= 15 is 0 Å². The Kier molecular flexibility index (Phi) is 2.32. The molecule has 0 aliphatic rings. The number of hydrogen-bond donors (Lipinski definition) is 0. The van der Waals surface area contributed by atoms with Crippen molar-refractivity contribution in [3.8, 4) is 0 Å². The molecule has 2 aromatic heterocycles. The molecule has 15 heavy (non-hydrogen) atoms. The molecule has 5 nitrogen and oxygen atoms in total. The number of aryl methyl sites for hydroxylation is 1. The van der Waals surface area contributed by atoms with E-state index in [-0.39, 0.29) is 0 Å². The smallest absolute Gasteiger partial charge is 0.338 e. The quantitative estimate of drug-likeness (QED) is 0.545. The van der Waals surface area contributed by atoms with Crippen molar-refractivity contribution >= 4 is 23.2 Å². The van der Waals surface area contributed by atoms with Crippen LogP contribution in [-0.2, 0) is 4.74 Å². The fraction of sp³-hybridized carbons (Fsp3) is 0.222. The predicted molar refractivity (Wildman–Crippen MR) is 54.1 cm³/mol. The molecule has 78 valence electrons. The molecule has 2 aromatic rings. The molecule has 6 heteroatoms. The van der Waals surface area contributed by atoms with E-state index in [0.29, 0.717) is 22.2 Å². The van der Waals surface area contributed by atoms with Crippen molar-refractivity contribution in [2.75, 3.05) is 7.11 Å². The lowest BCUT2D eigenvalue weighted by Crippen LogP contribution is -2.03. The molecule has 0 unspecified atom stereocenters. The number of ether oxygens (including phenoxy) is 1. The topological polar surface area (TPSA) is 56.5 Å². The van der Waals surface area contributed by atoms with Gasteiger partial charge >= 0.3 is 5.97 Å². The Labute approximate surface area is 90.6 Å². The summed E-state index contributed by atoms with van der Waals surface area (Å²) in [6.45, 7) is 1.78. The van der Waals surface area contributed by atoms with E-state index in [4.69, 9.17) is 11.6 Å². The van der Waals surface area contributed by atoms with Gasteiger partial charge in [-0.3, -0.25) is 4.40 Å². The van der Waals surface area contributed by atoms with Crippen molar-refractivity contribution in [3.05, 3.63) is 28.7 Å². The van der Waals surface area contributed by atoms with Crippen LogP contribution in [0.3, 0.4) is 0 Å². The lowest BCUT2D eigenvalue weighted by atomic mass is 10.2. The van der Waals surface area contributed by atoms with Gasteiger partial charge in [0.05, 0.1) is 12.7 Å². The lowest BCUT2D eigenvalue weighted by Gasteiger charge is -2.02. The Morgan fingerprint density at radius 1 is 1.47 bits per heavy atom. The number of carbonyl (C=O) groups excluding carboxylic acids is 1. The lowest BCUT2D eigenvalue weighted by molar-refractivity contribution is 0.0600. The van der Waals surface area contributed by atoms with Gasteiger partial charge < -0.3 is 4.74 Å². The van der Waals surface area contributed by atoms with Crippen LogP contribution in [-0.4, -0.2) is 27.7 Å². The number of fused-ring (bicyclic) bond motifs is 1. The number of carbonyl (C=O) groups is 1. The minimum Gasteiger partial charge on any atom is -0.465 e. The molecule has 2 heterocycles. The first-order valence-corrected chi connectivity index (χ1v) is 4.61. The zero-order chi connectivity index (χ0) is 11.0. The molecule has 0 bridgehead atoms.